The highest BCUT2D eigenvalue weighted by molar-refractivity contribution is 5.66. The third-order valence-electron chi connectivity index (χ3n) is 1.98. The Morgan fingerprint density at radius 1 is 1.64 bits per heavy atom. The van der Waals surface area contributed by atoms with Gasteiger partial charge in [0.2, 0.25) is 0 Å². The molecule has 0 unspecified atom stereocenters. The molecule has 1 heterocycles. The Labute approximate surface area is 65.2 Å². The minimum atomic E-state index is -0.800. The van der Waals surface area contributed by atoms with E-state index in [9.17, 15) is 9.90 Å². The highest BCUT2D eigenvalue weighted by Crippen LogP contribution is 2.11. The van der Waals surface area contributed by atoms with Gasteiger partial charge in [0.25, 0.3) is 0 Å². The predicted octanol–water partition coefficient (Wildman–Crippen LogP) is -0.426. The highest BCUT2D eigenvalue weighted by atomic mass is 16.4. The lowest BCUT2D eigenvalue weighted by molar-refractivity contribution is -0.137. The van der Waals surface area contributed by atoms with Crippen molar-refractivity contribution in [1.29, 1.82) is 0 Å². The van der Waals surface area contributed by atoms with E-state index in [0.29, 0.717) is 6.42 Å². The Hall–Kier alpha value is -0.610. The van der Waals surface area contributed by atoms with Crippen LogP contribution < -0.4 is 5.32 Å². The molecule has 0 radical (unpaired) electrons. The van der Waals surface area contributed by atoms with Crippen molar-refractivity contribution in [2.24, 2.45) is 0 Å². The lowest BCUT2D eigenvalue weighted by atomic mass is 10.1. The Balaban J connectivity index is 2.20. The van der Waals surface area contributed by atoms with Crippen LogP contribution in [0.25, 0.3) is 0 Å². The molecular formula is C7H13NO3. The maximum absolute atomic E-state index is 10.2. The molecule has 4 nitrogen and oxygen atoms in total. The van der Waals surface area contributed by atoms with Gasteiger partial charge < -0.3 is 15.5 Å². The molecule has 4 heteroatoms. The van der Waals surface area contributed by atoms with Crippen LogP contribution in [0.2, 0.25) is 0 Å². The van der Waals surface area contributed by atoms with Crippen molar-refractivity contribution in [3.63, 3.8) is 0 Å². The van der Waals surface area contributed by atoms with Gasteiger partial charge in [0, 0.05) is 12.5 Å². The van der Waals surface area contributed by atoms with E-state index in [2.05, 4.69) is 5.32 Å². The molecule has 0 spiro atoms. The fraction of sp³-hybridized carbons (Fsp3) is 0.857. The number of hydrogen-bond donors (Lipinski definition) is 3. The first-order chi connectivity index (χ1) is 5.20. The van der Waals surface area contributed by atoms with Gasteiger partial charge in [0.1, 0.15) is 0 Å². The minimum absolute atomic E-state index is 0.00824. The molecule has 0 aromatic heterocycles. The Bertz CT molecular complexity index is 149. The number of hydrogen-bond acceptors (Lipinski definition) is 3. The topological polar surface area (TPSA) is 69.6 Å². The first kappa shape index (κ1) is 8.49. The largest absolute Gasteiger partial charge is 0.481 e. The minimum Gasteiger partial charge on any atom is -0.481 e. The smallest absolute Gasteiger partial charge is 0.303 e. The summed E-state index contributed by atoms with van der Waals surface area (Å²) in [7, 11) is 0. The van der Waals surface area contributed by atoms with E-state index in [4.69, 9.17) is 5.11 Å². The summed E-state index contributed by atoms with van der Waals surface area (Å²) in [4.78, 5) is 10.2. The van der Waals surface area contributed by atoms with Gasteiger partial charge in [0.15, 0.2) is 0 Å². The molecule has 2 atom stereocenters. The molecule has 0 saturated carbocycles. The number of carbonyl (C=O) groups is 1. The molecule has 3 N–H and O–H groups in total. The monoisotopic (exact) mass is 159 g/mol. The summed E-state index contributed by atoms with van der Waals surface area (Å²) < 4.78 is 0. The van der Waals surface area contributed by atoms with Crippen LogP contribution in [0.5, 0.6) is 0 Å². The first-order valence-electron chi connectivity index (χ1n) is 3.83. The van der Waals surface area contributed by atoms with Gasteiger partial charge in [0.05, 0.1) is 6.10 Å². The lowest BCUT2D eigenvalue weighted by Crippen LogP contribution is -2.30. The molecule has 1 saturated heterocycles. The summed E-state index contributed by atoms with van der Waals surface area (Å²) in [5.74, 6) is -0.800. The van der Waals surface area contributed by atoms with E-state index in [1.807, 2.05) is 0 Å². The van der Waals surface area contributed by atoms with Crippen molar-refractivity contribution < 1.29 is 15.0 Å². The molecule has 0 aromatic rings. The SMILES string of the molecule is O=C(O)CC[C@@H]1NCC[C@@H]1O. The fourth-order valence-corrected chi connectivity index (χ4v) is 1.33. The molecule has 1 aliphatic rings. The van der Waals surface area contributed by atoms with Crippen LogP contribution in [0.4, 0.5) is 0 Å². The highest BCUT2D eigenvalue weighted by Gasteiger charge is 2.24. The van der Waals surface area contributed by atoms with Gasteiger partial charge in [-0.1, -0.05) is 0 Å². The number of rotatable bonds is 3. The zero-order valence-electron chi connectivity index (χ0n) is 6.29. The summed E-state index contributed by atoms with van der Waals surface area (Å²) in [6.45, 7) is 0.797. The van der Waals surface area contributed by atoms with Crippen LogP contribution in [0.3, 0.4) is 0 Å². The normalized spacial score (nSPS) is 30.6. The number of nitrogens with one attached hydrogen (secondary N) is 1. The third kappa shape index (κ3) is 2.48. The predicted molar refractivity (Wildman–Crippen MR) is 39.3 cm³/mol. The summed E-state index contributed by atoms with van der Waals surface area (Å²) in [6.07, 6.45) is 1.05. The second-order valence-corrected chi connectivity index (χ2v) is 2.85. The van der Waals surface area contributed by atoms with Gasteiger partial charge in [-0.2, -0.15) is 0 Å². The average Bonchev–Trinajstić information content (AvgIpc) is 2.31. The van der Waals surface area contributed by atoms with Crippen LogP contribution in [-0.4, -0.2) is 34.9 Å². The quantitative estimate of drug-likeness (QED) is 0.523. The van der Waals surface area contributed by atoms with Crippen LogP contribution in [-0.2, 0) is 4.79 Å². The van der Waals surface area contributed by atoms with Crippen molar-refractivity contribution in [3.8, 4) is 0 Å². The number of aliphatic carboxylic acids is 1. The van der Waals surface area contributed by atoms with Crippen LogP contribution in [0.15, 0.2) is 0 Å². The van der Waals surface area contributed by atoms with Crippen molar-refractivity contribution in [2.45, 2.75) is 31.4 Å². The number of carboxylic acids is 1. The maximum Gasteiger partial charge on any atom is 0.303 e. The molecule has 1 aliphatic heterocycles. The number of aliphatic hydroxyl groups is 1. The van der Waals surface area contributed by atoms with E-state index in [1.54, 1.807) is 0 Å². The zero-order chi connectivity index (χ0) is 8.27. The standard InChI is InChI=1S/C7H13NO3/c9-6-3-4-8-5(6)1-2-7(10)11/h5-6,8-9H,1-4H2,(H,10,11)/t5-,6-/m0/s1. The Morgan fingerprint density at radius 2 is 2.36 bits per heavy atom. The molecule has 1 rings (SSSR count). The number of aliphatic hydroxyl groups excluding tert-OH is 1. The van der Waals surface area contributed by atoms with E-state index in [1.165, 1.54) is 0 Å². The zero-order valence-corrected chi connectivity index (χ0v) is 6.29. The van der Waals surface area contributed by atoms with E-state index in [-0.39, 0.29) is 18.6 Å². The van der Waals surface area contributed by atoms with Crippen molar-refractivity contribution >= 4 is 5.97 Å². The van der Waals surface area contributed by atoms with Crippen LogP contribution in [0.1, 0.15) is 19.3 Å². The Kier molecular flexibility index (Phi) is 2.84. The third-order valence-corrected chi connectivity index (χ3v) is 1.98. The summed E-state index contributed by atoms with van der Waals surface area (Å²) >= 11 is 0. The van der Waals surface area contributed by atoms with Gasteiger partial charge in [-0.25, -0.2) is 0 Å². The summed E-state index contributed by atoms with van der Waals surface area (Å²) in [6, 6.07) is -0.00824. The fourth-order valence-electron chi connectivity index (χ4n) is 1.33. The molecule has 0 amide bonds. The number of carboxylic acid groups (broad SMARTS) is 1. The second kappa shape index (κ2) is 3.69. The molecular weight excluding hydrogens is 146 g/mol. The second-order valence-electron chi connectivity index (χ2n) is 2.85. The molecule has 0 bridgehead atoms. The molecule has 1 fully saturated rings. The summed E-state index contributed by atoms with van der Waals surface area (Å²) in [5.41, 5.74) is 0. The van der Waals surface area contributed by atoms with Crippen molar-refractivity contribution in [3.05, 3.63) is 0 Å². The summed E-state index contributed by atoms with van der Waals surface area (Å²) in [5, 5.41) is 20.6. The lowest BCUT2D eigenvalue weighted by Gasteiger charge is -2.12. The van der Waals surface area contributed by atoms with Crippen molar-refractivity contribution in [1.82, 2.24) is 5.32 Å². The molecule has 64 valence electrons. The van der Waals surface area contributed by atoms with Crippen molar-refractivity contribution in [2.75, 3.05) is 6.54 Å². The average molecular weight is 159 g/mol. The molecule has 11 heavy (non-hydrogen) atoms. The Morgan fingerprint density at radius 3 is 2.82 bits per heavy atom. The van der Waals surface area contributed by atoms with E-state index >= 15 is 0 Å². The van der Waals surface area contributed by atoms with Gasteiger partial charge in [-0.3, -0.25) is 4.79 Å². The van der Waals surface area contributed by atoms with Gasteiger partial charge >= 0.3 is 5.97 Å². The molecule has 0 aliphatic carbocycles. The van der Waals surface area contributed by atoms with Crippen LogP contribution in [0, 0.1) is 0 Å². The maximum atomic E-state index is 10.2. The first-order valence-corrected chi connectivity index (χ1v) is 3.83. The van der Waals surface area contributed by atoms with E-state index < -0.39 is 5.97 Å². The van der Waals surface area contributed by atoms with Gasteiger partial charge in [-0.05, 0) is 19.4 Å². The van der Waals surface area contributed by atoms with E-state index in [0.717, 1.165) is 13.0 Å². The van der Waals surface area contributed by atoms with Crippen LogP contribution >= 0.6 is 0 Å². The molecule has 0 aromatic carbocycles. The van der Waals surface area contributed by atoms with Gasteiger partial charge in [-0.15, -0.1) is 0 Å².